The van der Waals surface area contributed by atoms with Gasteiger partial charge >= 0.3 is 5.97 Å². The van der Waals surface area contributed by atoms with Gasteiger partial charge in [-0.1, -0.05) is 18.2 Å². The molecule has 1 aromatic rings. The minimum Gasteiger partial charge on any atom is -0.478 e. The van der Waals surface area contributed by atoms with Crippen molar-refractivity contribution in [3.8, 4) is 0 Å². The molecule has 1 fully saturated rings. The van der Waals surface area contributed by atoms with Crippen LogP contribution in [0.5, 0.6) is 0 Å². The van der Waals surface area contributed by atoms with Gasteiger partial charge in [-0.2, -0.15) is 0 Å². The van der Waals surface area contributed by atoms with Crippen molar-refractivity contribution in [2.45, 2.75) is 31.6 Å². The van der Waals surface area contributed by atoms with Crippen LogP contribution in [0, 0.1) is 5.92 Å². The molecule has 0 saturated heterocycles. The summed E-state index contributed by atoms with van der Waals surface area (Å²) in [5, 5.41) is 9.00. The Morgan fingerprint density at radius 2 is 1.82 bits per heavy atom. The first kappa shape index (κ1) is 12.0. The maximum absolute atomic E-state index is 13.0. The summed E-state index contributed by atoms with van der Waals surface area (Å²) in [5.74, 6) is -1.09. The van der Waals surface area contributed by atoms with Crippen molar-refractivity contribution >= 4 is 5.97 Å². The van der Waals surface area contributed by atoms with Crippen LogP contribution < -0.4 is 0 Å². The molecule has 2 rings (SSSR count). The summed E-state index contributed by atoms with van der Waals surface area (Å²) in [6.07, 6.45) is -1.97. The third-order valence-electron chi connectivity index (χ3n) is 3.27. The molecule has 0 spiro atoms. The molecule has 0 radical (unpaired) electrons. The SMILES string of the molecule is O=C(O)c1ccccc1C[C@@H]1C[C@@H](F)[C@@H](F)C1. The van der Waals surface area contributed by atoms with Crippen molar-refractivity contribution in [2.24, 2.45) is 5.92 Å². The number of carboxylic acid groups (broad SMARTS) is 1. The number of hydrogen-bond acceptors (Lipinski definition) is 1. The number of benzene rings is 1. The predicted molar refractivity (Wildman–Crippen MR) is 59.6 cm³/mol. The monoisotopic (exact) mass is 240 g/mol. The zero-order valence-corrected chi connectivity index (χ0v) is 9.27. The smallest absolute Gasteiger partial charge is 0.335 e. The lowest BCUT2D eigenvalue weighted by Crippen LogP contribution is -2.07. The first-order valence-corrected chi connectivity index (χ1v) is 5.67. The van der Waals surface area contributed by atoms with Crippen molar-refractivity contribution in [1.82, 2.24) is 0 Å². The van der Waals surface area contributed by atoms with Crippen molar-refractivity contribution in [2.75, 3.05) is 0 Å². The van der Waals surface area contributed by atoms with Crippen LogP contribution in [0.25, 0.3) is 0 Å². The van der Waals surface area contributed by atoms with Crippen molar-refractivity contribution in [3.63, 3.8) is 0 Å². The van der Waals surface area contributed by atoms with Gasteiger partial charge in [0.25, 0.3) is 0 Å². The summed E-state index contributed by atoms with van der Waals surface area (Å²) in [6, 6.07) is 6.63. The minimum absolute atomic E-state index is 0.0968. The Balaban J connectivity index is 2.11. The van der Waals surface area contributed by atoms with Crippen LogP contribution in [0.15, 0.2) is 24.3 Å². The Morgan fingerprint density at radius 1 is 1.24 bits per heavy atom. The first-order chi connectivity index (χ1) is 8.08. The largest absolute Gasteiger partial charge is 0.478 e. The second-order valence-electron chi connectivity index (χ2n) is 4.54. The summed E-state index contributed by atoms with van der Waals surface area (Å²) in [5.41, 5.74) is 0.886. The van der Waals surface area contributed by atoms with Gasteiger partial charge in [0.1, 0.15) is 12.3 Å². The summed E-state index contributed by atoms with van der Waals surface area (Å²) in [7, 11) is 0. The average molecular weight is 240 g/mol. The van der Waals surface area contributed by atoms with Crippen LogP contribution in [0.3, 0.4) is 0 Å². The molecule has 0 unspecified atom stereocenters. The van der Waals surface area contributed by atoms with Gasteiger partial charge in [-0.05, 0) is 36.8 Å². The number of carbonyl (C=O) groups is 1. The molecule has 1 N–H and O–H groups in total. The lowest BCUT2D eigenvalue weighted by Gasteiger charge is -2.10. The van der Waals surface area contributed by atoms with Gasteiger partial charge in [0.05, 0.1) is 5.56 Å². The van der Waals surface area contributed by atoms with Gasteiger partial charge in [-0.3, -0.25) is 0 Å². The zero-order valence-electron chi connectivity index (χ0n) is 9.27. The van der Waals surface area contributed by atoms with Crippen LogP contribution in [0.2, 0.25) is 0 Å². The summed E-state index contributed by atoms with van der Waals surface area (Å²) in [4.78, 5) is 11.0. The summed E-state index contributed by atoms with van der Waals surface area (Å²) >= 11 is 0. The van der Waals surface area contributed by atoms with E-state index < -0.39 is 18.3 Å². The van der Waals surface area contributed by atoms with Crippen molar-refractivity contribution in [3.05, 3.63) is 35.4 Å². The second kappa shape index (κ2) is 4.82. The third kappa shape index (κ3) is 2.62. The van der Waals surface area contributed by atoms with E-state index >= 15 is 0 Å². The van der Waals surface area contributed by atoms with E-state index in [1.54, 1.807) is 18.2 Å². The molecule has 0 amide bonds. The second-order valence-corrected chi connectivity index (χ2v) is 4.54. The number of alkyl halides is 2. The quantitative estimate of drug-likeness (QED) is 0.881. The molecule has 0 aliphatic heterocycles. The van der Waals surface area contributed by atoms with Crippen LogP contribution >= 0.6 is 0 Å². The van der Waals surface area contributed by atoms with Gasteiger partial charge in [0.2, 0.25) is 0 Å². The van der Waals surface area contributed by atoms with Gasteiger partial charge in [0.15, 0.2) is 0 Å². The van der Waals surface area contributed by atoms with E-state index in [0.29, 0.717) is 12.0 Å². The molecule has 1 aromatic carbocycles. The maximum Gasteiger partial charge on any atom is 0.335 e. The van der Waals surface area contributed by atoms with E-state index in [1.807, 2.05) is 0 Å². The van der Waals surface area contributed by atoms with Crippen molar-refractivity contribution in [1.29, 1.82) is 0 Å². The first-order valence-electron chi connectivity index (χ1n) is 5.67. The highest BCUT2D eigenvalue weighted by atomic mass is 19.2. The molecule has 0 aromatic heterocycles. The van der Waals surface area contributed by atoms with Crippen LogP contribution in [0.4, 0.5) is 8.78 Å². The molecular weight excluding hydrogens is 226 g/mol. The lowest BCUT2D eigenvalue weighted by atomic mass is 9.94. The molecule has 92 valence electrons. The number of aromatic carboxylic acids is 1. The fourth-order valence-electron chi connectivity index (χ4n) is 2.41. The van der Waals surface area contributed by atoms with E-state index in [9.17, 15) is 13.6 Å². The summed E-state index contributed by atoms with van der Waals surface area (Å²) in [6.45, 7) is 0. The average Bonchev–Trinajstić information content (AvgIpc) is 2.58. The third-order valence-corrected chi connectivity index (χ3v) is 3.27. The van der Waals surface area contributed by atoms with E-state index in [0.717, 1.165) is 0 Å². The molecule has 4 heteroatoms. The maximum atomic E-state index is 13.0. The van der Waals surface area contributed by atoms with Gasteiger partial charge in [-0.15, -0.1) is 0 Å². The number of carboxylic acids is 1. The Kier molecular flexibility index (Phi) is 3.41. The Bertz CT molecular complexity index is 410. The van der Waals surface area contributed by atoms with Crippen LogP contribution in [0.1, 0.15) is 28.8 Å². The molecule has 2 nitrogen and oxygen atoms in total. The molecule has 3 atom stereocenters. The fourth-order valence-corrected chi connectivity index (χ4v) is 2.41. The number of hydrogen-bond donors (Lipinski definition) is 1. The van der Waals surface area contributed by atoms with Gasteiger partial charge < -0.3 is 5.11 Å². The Morgan fingerprint density at radius 3 is 2.41 bits per heavy atom. The lowest BCUT2D eigenvalue weighted by molar-refractivity contribution is 0.0695. The van der Waals surface area contributed by atoms with E-state index in [4.69, 9.17) is 5.11 Å². The molecular formula is C13H14F2O2. The number of rotatable bonds is 3. The zero-order chi connectivity index (χ0) is 12.4. The Hall–Kier alpha value is -1.45. The highest BCUT2D eigenvalue weighted by molar-refractivity contribution is 5.89. The summed E-state index contributed by atoms with van der Waals surface area (Å²) < 4.78 is 26.1. The molecule has 17 heavy (non-hydrogen) atoms. The predicted octanol–water partition coefficient (Wildman–Crippen LogP) is 3.01. The highest BCUT2D eigenvalue weighted by Gasteiger charge is 2.34. The van der Waals surface area contributed by atoms with E-state index in [2.05, 4.69) is 0 Å². The molecule has 1 aliphatic carbocycles. The molecule has 1 saturated carbocycles. The van der Waals surface area contributed by atoms with E-state index in [-0.39, 0.29) is 24.3 Å². The van der Waals surface area contributed by atoms with Crippen LogP contribution in [-0.2, 0) is 6.42 Å². The standard InChI is InChI=1S/C13H14F2O2/c14-11-6-8(7-12(11)15)5-9-3-1-2-4-10(9)13(16)17/h1-4,8,11-12H,5-7H2,(H,16,17)/t8-,11-,12+. The molecule has 0 heterocycles. The van der Waals surface area contributed by atoms with Gasteiger partial charge in [0, 0.05) is 0 Å². The van der Waals surface area contributed by atoms with Gasteiger partial charge in [-0.25, -0.2) is 13.6 Å². The molecule has 1 aliphatic rings. The minimum atomic E-state index is -1.39. The van der Waals surface area contributed by atoms with Crippen LogP contribution in [-0.4, -0.2) is 23.4 Å². The highest BCUT2D eigenvalue weighted by Crippen LogP contribution is 2.33. The topological polar surface area (TPSA) is 37.3 Å². The molecule has 0 bridgehead atoms. The van der Waals surface area contributed by atoms with E-state index in [1.165, 1.54) is 6.07 Å². The fraction of sp³-hybridized carbons (Fsp3) is 0.462. The number of halogens is 2. The van der Waals surface area contributed by atoms with Crippen molar-refractivity contribution < 1.29 is 18.7 Å². The Labute approximate surface area is 98.3 Å². The normalized spacial score (nSPS) is 28.2.